The molecule has 5 nitrogen and oxygen atoms in total. The van der Waals surface area contributed by atoms with Gasteiger partial charge >= 0.3 is 5.97 Å². The second-order valence-corrected chi connectivity index (χ2v) is 3.80. The van der Waals surface area contributed by atoms with Gasteiger partial charge in [0.1, 0.15) is 5.75 Å². The summed E-state index contributed by atoms with van der Waals surface area (Å²) >= 11 is 0. The second kappa shape index (κ2) is 7.07. The van der Waals surface area contributed by atoms with Crippen LogP contribution in [0.2, 0.25) is 0 Å². The van der Waals surface area contributed by atoms with Crippen molar-refractivity contribution < 1.29 is 14.6 Å². The van der Waals surface area contributed by atoms with E-state index in [0.29, 0.717) is 29.9 Å². The number of nitrogens with zero attached hydrogens (tertiary/aromatic N) is 1. The fourth-order valence-corrected chi connectivity index (χ4v) is 1.57. The van der Waals surface area contributed by atoms with Gasteiger partial charge in [-0.25, -0.2) is 4.79 Å². The quantitative estimate of drug-likeness (QED) is 0.767. The molecule has 0 unspecified atom stereocenters. The van der Waals surface area contributed by atoms with Crippen LogP contribution in [-0.4, -0.2) is 24.7 Å². The van der Waals surface area contributed by atoms with Crippen LogP contribution in [-0.2, 0) is 4.79 Å². The number of methoxy groups -OCH3 is 1. The van der Waals surface area contributed by atoms with Crippen LogP contribution in [0.3, 0.4) is 0 Å². The number of anilines is 1. The first-order valence-corrected chi connectivity index (χ1v) is 5.86. The van der Waals surface area contributed by atoms with E-state index in [2.05, 4.69) is 5.32 Å². The van der Waals surface area contributed by atoms with Gasteiger partial charge in [-0.2, -0.15) is 5.26 Å². The highest BCUT2D eigenvalue weighted by Gasteiger charge is 2.05. The number of carboxylic acids is 1. The number of rotatable bonds is 6. The van der Waals surface area contributed by atoms with Crippen LogP contribution >= 0.6 is 0 Å². The van der Waals surface area contributed by atoms with Crippen LogP contribution in [0.25, 0.3) is 0 Å². The fraction of sp³-hybridized carbons (Fsp3) is 0.286. The highest BCUT2D eigenvalue weighted by atomic mass is 16.5. The number of carboxylic acid groups (broad SMARTS) is 1. The fourth-order valence-electron chi connectivity index (χ4n) is 1.57. The largest absolute Gasteiger partial charge is 0.495 e. The molecule has 0 aromatic heterocycles. The van der Waals surface area contributed by atoms with Gasteiger partial charge in [-0.3, -0.25) is 0 Å². The molecule has 2 N–H and O–H groups in total. The molecule has 0 saturated heterocycles. The summed E-state index contributed by atoms with van der Waals surface area (Å²) in [6, 6.07) is 7.07. The first kappa shape index (κ1) is 14.6. The number of hydrogen-bond acceptors (Lipinski definition) is 4. The minimum absolute atomic E-state index is 0.361. The van der Waals surface area contributed by atoms with E-state index in [-0.39, 0.29) is 0 Å². The Morgan fingerprint density at radius 3 is 2.84 bits per heavy atom. The molecule has 0 spiro atoms. The molecular weight excluding hydrogens is 244 g/mol. The lowest BCUT2D eigenvalue weighted by atomic mass is 10.2. The zero-order chi connectivity index (χ0) is 14.3. The summed E-state index contributed by atoms with van der Waals surface area (Å²) in [6.45, 7) is 2.18. The summed E-state index contributed by atoms with van der Waals surface area (Å²) in [5, 5.41) is 20.7. The second-order valence-electron chi connectivity index (χ2n) is 3.80. The Kier molecular flexibility index (Phi) is 5.42. The number of nitrogens with one attached hydrogen (secondary N) is 1. The number of nitriles is 1. The number of ether oxygens (including phenoxy) is 1. The van der Waals surface area contributed by atoms with E-state index in [4.69, 9.17) is 15.1 Å². The number of hydrogen-bond donors (Lipinski definition) is 2. The third-order valence-corrected chi connectivity index (χ3v) is 2.63. The van der Waals surface area contributed by atoms with Crippen LogP contribution in [0.5, 0.6) is 5.75 Å². The summed E-state index contributed by atoms with van der Waals surface area (Å²) in [4.78, 5) is 10.8. The van der Waals surface area contributed by atoms with E-state index >= 15 is 0 Å². The molecular formula is C14H16N2O3. The van der Waals surface area contributed by atoms with Crippen LogP contribution in [0.4, 0.5) is 5.69 Å². The summed E-state index contributed by atoms with van der Waals surface area (Å²) in [5.41, 5.74) is 1.59. The molecule has 0 radical (unpaired) electrons. The van der Waals surface area contributed by atoms with E-state index in [0.717, 1.165) is 5.69 Å². The highest BCUT2D eigenvalue weighted by Crippen LogP contribution is 2.25. The predicted octanol–water partition coefficient (Wildman–Crippen LogP) is 2.40. The highest BCUT2D eigenvalue weighted by molar-refractivity contribution is 5.86. The smallest absolute Gasteiger partial charge is 0.331 e. The SMILES string of the molecule is CC/C(=C/CNc1ccc(C#N)cc1OC)C(=O)O. The van der Waals surface area contributed by atoms with E-state index in [9.17, 15) is 4.79 Å². The average Bonchev–Trinajstić information content (AvgIpc) is 2.43. The maximum atomic E-state index is 10.8. The van der Waals surface area contributed by atoms with Crippen molar-refractivity contribution in [2.75, 3.05) is 19.0 Å². The van der Waals surface area contributed by atoms with Crippen LogP contribution in [0.15, 0.2) is 29.8 Å². The van der Waals surface area contributed by atoms with Crippen LogP contribution < -0.4 is 10.1 Å². The standard InChI is InChI=1S/C14H16N2O3/c1-3-11(14(17)18)6-7-16-12-5-4-10(9-15)8-13(12)19-2/h4-6,8,16H,3,7H2,1-2H3,(H,17,18)/b11-6-. The Balaban J connectivity index is 2.78. The first-order valence-electron chi connectivity index (χ1n) is 5.86. The summed E-state index contributed by atoms with van der Waals surface area (Å²) in [6.07, 6.45) is 2.10. The van der Waals surface area contributed by atoms with Crippen molar-refractivity contribution >= 4 is 11.7 Å². The van der Waals surface area contributed by atoms with Gasteiger partial charge in [0, 0.05) is 18.2 Å². The van der Waals surface area contributed by atoms with E-state index in [1.54, 1.807) is 31.2 Å². The monoisotopic (exact) mass is 260 g/mol. The topological polar surface area (TPSA) is 82.3 Å². The van der Waals surface area contributed by atoms with E-state index in [1.807, 2.05) is 6.07 Å². The van der Waals surface area contributed by atoms with Crippen molar-refractivity contribution in [2.45, 2.75) is 13.3 Å². The minimum atomic E-state index is -0.906. The Morgan fingerprint density at radius 2 is 2.32 bits per heavy atom. The van der Waals surface area contributed by atoms with Gasteiger partial charge in [0.15, 0.2) is 0 Å². The van der Waals surface area contributed by atoms with E-state index in [1.165, 1.54) is 7.11 Å². The molecule has 0 bridgehead atoms. The summed E-state index contributed by atoms with van der Waals surface area (Å²) in [5.74, 6) is -0.350. The third-order valence-electron chi connectivity index (χ3n) is 2.63. The van der Waals surface area contributed by atoms with Crippen LogP contribution in [0, 0.1) is 11.3 Å². The molecule has 5 heteroatoms. The molecule has 1 aromatic carbocycles. The van der Waals surface area contributed by atoms with Crippen molar-refractivity contribution in [3.63, 3.8) is 0 Å². The average molecular weight is 260 g/mol. The van der Waals surface area contributed by atoms with Crippen molar-refractivity contribution in [1.82, 2.24) is 0 Å². The zero-order valence-corrected chi connectivity index (χ0v) is 10.9. The van der Waals surface area contributed by atoms with Gasteiger partial charge < -0.3 is 15.2 Å². The van der Waals surface area contributed by atoms with Gasteiger partial charge in [-0.1, -0.05) is 13.0 Å². The van der Waals surface area contributed by atoms with Crippen molar-refractivity contribution in [3.05, 3.63) is 35.4 Å². The van der Waals surface area contributed by atoms with Gasteiger partial charge in [0.2, 0.25) is 0 Å². The molecule has 100 valence electrons. The molecule has 0 aliphatic rings. The lowest BCUT2D eigenvalue weighted by Gasteiger charge is -2.10. The van der Waals surface area contributed by atoms with Crippen LogP contribution in [0.1, 0.15) is 18.9 Å². The Labute approximate surface area is 112 Å². The molecule has 0 atom stereocenters. The lowest BCUT2D eigenvalue weighted by Crippen LogP contribution is -2.05. The van der Waals surface area contributed by atoms with Gasteiger partial charge in [-0.15, -0.1) is 0 Å². The molecule has 1 aromatic rings. The Bertz CT molecular complexity index is 530. The Morgan fingerprint density at radius 1 is 1.58 bits per heavy atom. The van der Waals surface area contributed by atoms with Gasteiger partial charge in [0.05, 0.1) is 24.4 Å². The minimum Gasteiger partial charge on any atom is -0.495 e. The lowest BCUT2D eigenvalue weighted by molar-refractivity contribution is -0.132. The Hall–Kier alpha value is -2.48. The summed E-state index contributed by atoms with van der Waals surface area (Å²) in [7, 11) is 1.52. The molecule has 0 heterocycles. The van der Waals surface area contributed by atoms with Crippen molar-refractivity contribution in [2.24, 2.45) is 0 Å². The maximum Gasteiger partial charge on any atom is 0.331 e. The van der Waals surface area contributed by atoms with E-state index < -0.39 is 5.97 Å². The van der Waals surface area contributed by atoms with Gasteiger partial charge in [-0.05, 0) is 18.6 Å². The molecule has 0 fully saturated rings. The predicted molar refractivity (Wildman–Crippen MR) is 72.2 cm³/mol. The molecule has 0 aliphatic carbocycles. The van der Waals surface area contributed by atoms with Crippen molar-refractivity contribution in [1.29, 1.82) is 5.26 Å². The zero-order valence-electron chi connectivity index (χ0n) is 10.9. The maximum absolute atomic E-state index is 10.8. The number of carbonyl (C=O) groups is 1. The number of benzene rings is 1. The third kappa shape index (κ3) is 4.03. The molecule has 0 saturated carbocycles. The molecule has 19 heavy (non-hydrogen) atoms. The normalized spacial score (nSPS) is 10.7. The van der Waals surface area contributed by atoms with Crippen molar-refractivity contribution in [3.8, 4) is 11.8 Å². The molecule has 1 rings (SSSR count). The van der Waals surface area contributed by atoms with Gasteiger partial charge in [0.25, 0.3) is 0 Å². The molecule has 0 aliphatic heterocycles. The molecule has 0 amide bonds. The first-order chi connectivity index (χ1) is 9.12. The number of aliphatic carboxylic acids is 1. The summed E-state index contributed by atoms with van der Waals surface area (Å²) < 4.78 is 5.17.